The van der Waals surface area contributed by atoms with E-state index in [0.29, 0.717) is 12.3 Å². The highest BCUT2D eigenvalue weighted by molar-refractivity contribution is 5.77. The number of carbonyl (C=O) groups is 1. The zero-order chi connectivity index (χ0) is 29.0. The fourth-order valence-corrected chi connectivity index (χ4v) is 5.71. The van der Waals surface area contributed by atoms with E-state index >= 15 is 0 Å². The highest BCUT2D eigenvalue weighted by atomic mass is 16.5. The molecule has 0 aliphatic carbocycles. The van der Waals surface area contributed by atoms with Crippen molar-refractivity contribution in [3.05, 3.63) is 88.0 Å². The number of para-hydroxylation sites is 1. The summed E-state index contributed by atoms with van der Waals surface area (Å²) < 4.78 is 11.8. The largest absolute Gasteiger partial charge is 0.489 e. The van der Waals surface area contributed by atoms with Crippen molar-refractivity contribution < 1.29 is 14.3 Å². The number of rotatable bonds is 9. The molecule has 3 aromatic carbocycles. The van der Waals surface area contributed by atoms with Crippen LogP contribution >= 0.6 is 0 Å². The van der Waals surface area contributed by atoms with Crippen LogP contribution in [0.5, 0.6) is 5.75 Å². The van der Waals surface area contributed by atoms with Gasteiger partial charge < -0.3 is 20.2 Å². The van der Waals surface area contributed by atoms with E-state index in [-0.39, 0.29) is 18.0 Å². The third-order valence-corrected chi connectivity index (χ3v) is 8.11. The van der Waals surface area contributed by atoms with Crippen LogP contribution in [-0.2, 0) is 22.6 Å². The highest BCUT2D eigenvalue weighted by Crippen LogP contribution is 2.40. The maximum Gasteiger partial charge on any atom is 0.309 e. The van der Waals surface area contributed by atoms with Gasteiger partial charge in [0.1, 0.15) is 11.9 Å². The van der Waals surface area contributed by atoms with E-state index in [1.54, 1.807) is 7.05 Å². The molecule has 0 amide bonds. The molecule has 0 bridgehead atoms. The highest BCUT2D eigenvalue weighted by Gasteiger charge is 2.31. The summed E-state index contributed by atoms with van der Waals surface area (Å²) in [6.45, 7) is 12.9. The van der Waals surface area contributed by atoms with E-state index in [1.165, 1.54) is 21.7 Å². The van der Waals surface area contributed by atoms with Gasteiger partial charge in [0, 0.05) is 38.2 Å². The second-order valence-electron chi connectivity index (χ2n) is 11.0. The van der Waals surface area contributed by atoms with E-state index in [0.717, 1.165) is 54.2 Å². The summed E-state index contributed by atoms with van der Waals surface area (Å²) in [6, 6.07) is 18.8. The van der Waals surface area contributed by atoms with Gasteiger partial charge in [-0.3, -0.25) is 9.69 Å². The maximum atomic E-state index is 13.1. The lowest BCUT2D eigenvalue weighted by Crippen LogP contribution is -2.32. The summed E-state index contributed by atoms with van der Waals surface area (Å²) in [5, 5.41) is 1.52. The molecule has 0 saturated heterocycles. The second kappa shape index (κ2) is 12.7. The molecule has 1 aliphatic heterocycles. The predicted molar refractivity (Wildman–Crippen MR) is 162 cm³/mol. The van der Waals surface area contributed by atoms with E-state index in [1.807, 2.05) is 39.0 Å². The lowest BCUT2D eigenvalue weighted by molar-refractivity contribution is -0.147. The Morgan fingerprint density at radius 1 is 1.15 bits per heavy atom. The van der Waals surface area contributed by atoms with Gasteiger partial charge in [-0.25, -0.2) is 5.84 Å². The molecule has 40 heavy (non-hydrogen) atoms. The maximum absolute atomic E-state index is 13.1. The van der Waals surface area contributed by atoms with Crippen LogP contribution in [0.4, 0.5) is 11.4 Å². The Hall–Kier alpha value is -3.55. The minimum atomic E-state index is -0.405. The van der Waals surface area contributed by atoms with Crippen molar-refractivity contribution in [2.45, 2.75) is 66.2 Å². The summed E-state index contributed by atoms with van der Waals surface area (Å²) in [7, 11) is 1.77. The van der Waals surface area contributed by atoms with Gasteiger partial charge in [0.2, 0.25) is 0 Å². The fourth-order valence-electron chi connectivity index (χ4n) is 5.71. The first-order chi connectivity index (χ1) is 19.1. The average molecular weight is 545 g/mol. The molecule has 0 saturated carbocycles. The van der Waals surface area contributed by atoms with Crippen molar-refractivity contribution in [3.8, 4) is 5.75 Å². The Morgan fingerprint density at radius 2 is 1.90 bits per heavy atom. The Morgan fingerprint density at radius 3 is 2.60 bits per heavy atom. The normalized spacial score (nSPS) is 16.8. The summed E-state index contributed by atoms with van der Waals surface area (Å²) in [6.07, 6.45) is 1.08. The van der Waals surface area contributed by atoms with Gasteiger partial charge in [0.15, 0.2) is 0 Å². The van der Waals surface area contributed by atoms with Crippen molar-refractivity contribution in [1.29, 1.82) is 0 Å². The number of carbonyl (C=O) groups excluding carboxylic acids is 1. The van der Waals surface area contributed by atoms with Crippen LogP contribution in [0.25, 0.3) is 0 Å². The molecule has 2 unspecified atom stereocenters. The minimum Gasteiger partial charge on any atom is -0.489 e. The number of esters is 1. The molecule has 7 nitrogen and oxygen atoms in total. The standard InChI is InChI=1S/C33H44N4O3/c1-7-27-20-37(18-25-11-9-10-12-30(25)40-27)19-26-17-24(14-13-21(26)3)31(23(5)33(38)39-8-2)28-15-16-29(36(6)35)32(34)22(28)4/h9-17,23,27,31H,7-8,18-20,34-35H2,1-6H3/t23?,27?,31-/m0/s1. The van der Waals surface area contributed by atoms with E-state index in [2.05, 4.69) is 55.1 Å². The molecule has 0 fully saturated rings. The van der Waals surface area contributed by atoms with Crippen LogP contribution in [0.3, 0.4) is 0 Å². The molecular weight excluding hydrogens is 500 g/mol. The summed E-state index contributed by atoms with van der Waals surface area (Å²) >= 11 is 0. The third-order valence-electron chi connectivity index (χ3n) is 8.11. The molecule has 4 rings (SSSR count). The number of fused-ring (bicyclic) bond motifs is 1. The molecule has 214 valence electrons. The molecule has 1 heterocycles. The Labute approximate surface area is 239 Å². The van der Waals surface area contributed by atoms with Gasteiger partial charge in [-0.2, -0.15) is 0 Å². The summed E-state index contributed by atoms with van der Waals surface area (Å²) in [5.74, 6) is 6.14. The van der Waals surface area contributed by atoms with Gasteiger partial charge >= 0.3 is 5.97 Å². The minimum absolute atomic E-state index is 0.133. The van der Waals surface area contributed by atoms with Gasteiger partial charge in [0.25, 0.3) is 0 Å². The lowest BCUT2D eigenvalue weighted by atomic mass is 9.78. The number of nitrogens with two attached hydrogens (primary N) is 2. The fraction of sp³-hybridized carbons (Fsp3) is 0.424. The van der Waals surface area contributed by atoms with Gasteiger partial charge in [0.05, 0.1) is 23.9 Å². The lowest BCUT2D eigenvalue weighted by Gasteiger charge is -2.29. The van der Waals surface area contributed by atoms with Crippen LogP contribution in [-0.4, -0.2) is 37.2 Å². The number of anilines is 2. The third kappa shape index (κ3) is 6.26. The number of benzene rings is 3. The van der Waals surface area contributed by atoms with Crippen molar-refractivity contribution in [2.75, 3.05) is 30.9 Å². The first-order valence-electron chi connectivity index (χ1n) is 14.2. The molecule has 0 radical (unpaired) electrons. The average Bonchev–Trinajstić information content (AvgIpc) is 3.11. The first-order valence-corrected chi connectivity index (χ1v) is 14.2. The number of hydrogen-bond acceptors (Lipinski definition) is 7. The molecule has 0 aromatic heterocycles. The smallest absolute Gasteiger partial charge is 0.309 e. The molecule has 1 aliphatic rings. The molecular formula is C33H44N4O3. The molecule has 0 spiro atoms. The van der Waals surface area contributed by atoms with Crippen LogP contribution in [0.15, 0.2) is 54.6 Å². The van der Waals surface area contributed by atoms with Gasteiger partial charge in [-0.05, 0) is 67.1 Å². The van der Waals surface area contributed by atoms with Crippen LogP contribution in [0.2, 0.25) is 0 Å². The number of aryl methyl sites for hydroxylation is 1. The Kier molecular flexibility index (Phi) is 9.38. The molecule has 4 N–H and O–H groups in total. The number of hydrogen-bond donors (Lipinski definition) is 2. The number of nitrogen functional groups attached to an aromatic ring is 1. The Bertz CT molecular complexity index is 1340. The van der Waals surface area contributed by atoms with E-state index < -0.39 is 5.92 Å². The van der Waals surface area contributed by atoms with Gasteiger partial charge in [-0.1, -0.05) is 56.3 Å². The zero-order valence-corrected chi connectivity index (χ0v) is 24.7. The molecule has 3 aromatic rings. The van der Waals surface area contributed by atoms with Crippen molar-refractivity contribution in [2.24, 2.45) is 11.8 Å². The molecule has 3 atom stereocenters. The van der Waals surface area contributed by atoms with Crippen molar-refractivity contribution >= 4 is 17.3 Å². The van der Waals surface area contributed by atoms with E-state index in [9.17, 15) is 4.79 Å². The van der Waals surface area contributed by atoms with Crippen molar-refractivity contribution in [3.63, 3.8) is 0 Å². The predicted octanol–water partition coefficient (Wildman–Crippen LogP) is 5.70. The quantitative estimate of drug-likeness (QED) is 0.154. The Balaban J connectivity index is 1.74. The van der Waals surface area contributed by atoms with E-state index in [4.69, 9.17) is 21.1 Å². The number of hydrazine groups is 1. The number of ether oxygens (including phenoxy) is 2. The second-order valence-corrected chi connectivity index (χ2v) is 11.0. The van der Waals surface area contributed by atoms with Crippen LogP contribution < -0.4 is 21.3 Å². The molecule has 7 heteroatoms. The summed E-state index contributed by atoms with van der Waals surface area (Å²) in [5.41, 5.74) is 14.5. The van der Waals surface area contributed by atoms with Crippen molar-refractivity contribution in [1.82, 2.24) is 4.90 Å². The topological polar surface area (TPSA) is 94.0 Å². The van der Waals surface area contributed by atoms with Crippen LogP contribution in [0, 0.1) is 19.8 Å². The first kappa shape index (κ1) is 29.4. The monoisotopic (exact) mass is 544 g/mol. The number of nitrogens with zero attached hydrogens (tertiary/aromatic N) is 2. The zero-order valence-electron chi connectivity index (χ0n) is 24.7. The van der Waals surface area contributed by atoms with Gasteiger partial charge in [-0.15, -0.1) is 0 Å². The van der Waals surface area contributed by atoms with Crippen LogP contribution in [0.1, 0.15) is 66.5 Å². The SMILES string of the molecule is CCOC(=O)C(C)[C@@H](c1ccc(C)c(CN2Cc3ccccc3OC(CC)C2)c1)c1ccc(N(C)N)c(N)c1C. The summed E-state index contributed by atoms with van der Waals surface area (Å²) in [4.78, 5) is 15.6.